The molecule has 0 radical (unpaired) electrons. The number of benzene rings is 2. The predicted octanol–water partition coefficient (Wildman–Crippen LogP) is 6.17. The summed E-state index contributed by atoms with van der Waals surface area (Å²) < 4.78 is 17.8. The summed E-state index contributed by atoms with van der Waals surface area (Å²) >= 11 is 0. The summed E-state index contributed by atoms with van der Waals surface area (Å²) in [5.41, 5.74) is 0.954. The minimum Gasteiger partial charge on any atom is -0.543 e. The van der Waals surface area contributed by atoms with Gasteiger partial charge < -0.3 is 24.3 Å². The van der Waals surface area contributed by atoms with E-state index in [4.69, 9.17) is 13.9 Å². The lowest BCUT2D eigenvalue weighted by atomic mass is 10.1. The first-order valence-electron chi connectivity index (χ1n) is 11.8. The van der Waals surface area contributed by atoms with Gasteiger partial charge in [-0.25, -0.2) is 9.59 Å². The molecule has 0 unspecified atom stereocenters. The molecule has 0 heterocycles. The summed E-state index contributed by atoms with van der Waals surface area (Å²) in [5, 5.41) is 12.2. The molecule has 7 nitrogen and oxygen atoms in total. The van der Waals surface area contributed by atoms with Gasteiger partial charge in [-0.2, -0.15) is 0 Å². The molecule has 0 aromatic heterocycles. The number of hydrogen-bond donors (Lipinski definition) is 2. The number of carboxylic acid groups (broad SMARTS) is 1. The third-order valence-corrected chi connectivity index (χ3v) is 10.2. The van der Waals surface area contributed by atoms with Crippen LogP contribution in [-0.2, 0) is 22.6 Å². The molecule has 0 aliphatic rings. The Hall–Kier alpha value is -3.00. The number of hydrogen-bond acceptors (Lipinski definition) is 5. The molecule has 1 atom stereocenters. The first kappa shape index (κ1) is 28.2. The van der Waals surface area contributed by atoms with Gasteiger partial charge in [-0.15, -0.1) is 0 Å². The van der Waals surface area contributed by atoms with Crippen molar-refractivity contribution < 1.29 is 28.6 Å². The zero-order valence-corrected chi connectivity index (χ0v) is 23.1. The number of nitrogens with one attached hydrogen (secondary N) is 1. The molecule has 2 aromatic carbocycles. The molecule has 0 fully saturated rings. The average Bonchev–Trinajstić information content (AvgIpc) is 2.70. The minimum atomic E-state index is -2.15. The third-order valence-electron chi connectivity index (χ3n) is 5.80. The molecule has 0 spiro atoms. The van der Waals surface area contributed by atoms with Crippen molar-refractivity contribution >= 4 is 20.4 Å². The van der Waals surface area contributed by atoms with E-state index >= 15 is 0 Å². The molecule has 1 amide bonds. The highest BCUT2D eigenvalue weighted by molar-refractivity contribution is 6.74. The Morgan fingerprint density at radius 1 is 0.943 bits per heavy atom. The second-order valence-corrected chi connectivity index (χ2v) is 15.9. The van der Waals surface area contributed by atoms with Gasteiger partial charge in [-0.05, 0) is 62.2 Å². The highest BCUT2D eigenvalue weighted by Gasteiger charge is 2.39. The fourth-order valence-electron chi connectivity index (χ4n) is 2.96. The van der Waals surface area contributed by atoms with Crippen LogP contribution in [0.2, 0.25) is 18.1 Å². The Kier molecular flexibility index (Phi) is 9.00. The lowest BCUT2D eigenvalue weighted by molar-refractivity contribution is -0.139. The smallest absolute Gasteiger partial charge is 0.408 e. The lowest BCUT2D eigenvalue weighted by Gasteiger charge is -2.36. The molecule has 0 saturated heterocycles. The molecule has 2 rings (SSSR count). The fraction of sp³-hybridized carbons (Fsp3) is 0.481. The molecule has 0 aliphatic carbocycles. The van der Waals surface area contributed by atoms with E-state index in [9.17, 15) is 14.7 Å². The van der Waals surface area contributed by atoms with Gasteiger partial charge >= 0.3 is 12.1 Å². The standard InChI is InChI=1S/C27H39NO6Si/c1-26(2,3)33-25(31)28-23(24(29)30)16-20-14-21(32-18-19-12-10-9-11-13-19)17-22(15-20)34-35(7,8)27(4,5)6/h9-15,17,23H,16,18H2,1-8H3,(H,28,31)(H,29,30)/t23-/m0/s1. The number of alkyl carbamates (subject to hydrolysis) is 1. The van der Waals surface area contributed by atoms with Crippen LogP contribution < -0.4 is 14.5 Å². The van der Waals surface area contributed by atoms with Crippen LogP contribution in [0.3, 0.4) is 0 Å². The van der Waals surface area contributed by atoms with Crippen LogP contribution in [0, 0.1) is 0 Å². The van der Waals surface area contributed by atoms with E-state index in [1.54, 1.807) is 26.8 Å². The van der Waals surface area contributed by atoms with Gasteiger partial charge in [0, 0.05) is 12.5 Å². The molecular formula is C27H39NO6Si. The number of amides is 1. The number of carbonyl (C=O) groups excluding carboxylic acids is 1. The summed E-state index contributed by atoms with van der Waals surface area (Å²) in [5.74, 6) is 0.0401. The summed E-state index contributed by atoms with van der Waals surface area (Å²) in [4.78, 5) is 24.1. The Morgan fingerprint density at radius 2 is 1.54 bits per heavy atom. The Balaban J connectivity index is 2.32. The second kappa shape index (κ2) is 11.2. The maximum Gasteiger partial charge on any atom is 0.408 e. The molecular weight excluding hydrogens is 462 g/mol. The second-order valence-electron chi connectivity index (χ2n) is 11.2. The van der Waals surface area contributed by atoms with Crippen LogP contribution >= 0.6 is 0 Å². The Bertz CT molecular complexity index is 1010. The Labute approximate surface area is 209 Å². The number of rotatable bonds is 9. The number of ether oxygens (including phenoxy) is 2. The largest absolute Gasteiger partial charge is 0.543 e. The first-order chi connectivity index (χ1) is 16.1. The highest BCUT2D eigenvalue weighted by atomic mass is 28.4. The van der Waals surface area contributed by atoms with Gasteiger partial charge in [-0.3, -0.25) is 0 Å². The third kappa shape index (κ3) is 9.28. The van der Waals surface area contributed by atoms with Gasteiger partial charge in [-0.1, -0.05) is 51.1 Å². The van der Waals surface area contributed by atoms with Crippen molar-refractivity contribution in [2.45, 2.75) is 84.3 Å². The Morgan fingerprint density at radius 3 is 2.09 bits per heavy atom. The van der Waals surface area contributed by atoms with Gasteiger partial charge in [0.15, 0.2) is 0 Å². The van der Waals surface area contributed by atoms with E-state index in [-0.39, 0.29) is 11.5 Å². The van der Waals surface area contributed by atoms with Crippen LogP contribution in [0.1, 0.15) is 52.7 Å². The van der Waals surface area contributed by atoms with Crippen molar-refractivity contribution in [3.05, 3.63) is 59.7 Å². The van der Waals surface area contributed by atoms with Crippen molar-refractivity contribution in [1.29, 1.82) is 0 Å². The molecule has 0 bridgehead atoms. The zero-order valence-electron chi connectivity index (χ0n) is 22.1. The van der Waals surface area contributed by atoms with Crippen molar-refractivity contribution in [3.8, 4) is 11.5 Å². The predicted molar refractivity (Wildman–Crippen MR) is 140 cm³/mol. The van der Waals surface area contributed by atoms with Crippen LogP contribution in [0.15, 0.2) is 48.5 Å². The first-order valence-corrected chi connectivity index (χ1v) is 14.7. The SMILES string of the molecule is CC(C)(C)OC(=O)N[C@@H](Cc1cc(OCc2ccccc2)cc(O[Si](C)(C)C(C)(C)C)c1)C(=O)O. The van der Waals surface area contributed by atoms with Crippen molar-refractivity contribution in [1.82, 2.24) is 5.32 Å². The minimum absolute atomic E-state index is 0.0179. The van der Waals surface area contributed by atoms with Gasteiger partial charge in [0.25, 0.3) is 0 Å². The molecule has 0 aliphatic heterocycles. The van der Waals surface area contributed by atoms with Crippen LogP contribution in [0.4, 0.5) is 4.79 Å². The van der Waals surface area contributed by atoms with Crippen molar-refractivity contribution in [3.63, 3.8) is 0 Å². The molecule has 8 heteroatoms. The lowest BCUT2D eigenvalue weighted by Crippen LogP contribution is -2.45. The average molecular weight is 502 g/mol. The quantitative estimate of drug-likeness (QED) is 0.399. The highest BCUT2D eigenvalue weighted by Crippen LogP contribution is 2.38. The van der Waals surface area contributed by atoms with Crippen LogP contribution in [0.25, 0.3) is 0 Å². The van der Waals surface area contributed by atoms with Gasteiger partial charge in [0.05, 0.1) is 0 Å². The van der Waals surface area contributed by atoms with E-state index in [1.165, 1.54) is 0 Å². The molecule has 192 valence electrons. The summed E-state index contributed by atoms with van der Waals surface area (Å²) in [6.07, 6.45) is -0.732. The maximum absolute atomic E-state index is 12.2. The molecule has 2 aromatic rings. The van der Waals surface area contributed by atoms with Gasteiger partial charge in [0.2, 0.25) is 8.32 Å². The molecule has 2 N–H and O–H groups in total. The topological polar surface area (TPSA) is 94.1 Å². The van der Waals surface area contributed by atoms with Crippen LogP contribution in [0.5, 0.6) is 11.5 Å². The number of aliphatic carboxylic acids is 1. The van der Waals surface area contributed by atoms with E-state index < -0.39 is 32.0 Å². The maximum atomic E-state index is 12.2. The van der Waals surface area contributed by atoms with E-state index in [0.717, 1.165) is 5.56 Å². The van der Waals surface area contributed by atoms with E-state index in [1.807, 2.05) is 42.5 Å². The van der Waals surface area contributed by atoms with E-state index in [2.05, 4.69) is 39.2 Å². The number of carboxylic acids is 1. The van der Waals surface area contributed by atoms with E-state index in [0.29, 0.717) is 23.7 Å². The summed E-state index contributed by atoms with van der Waals surface area (Å²) in [6.45, 7) is 16.3. The van der Waals surface area contributed by atoms with Crippen molar-refractivity contribution in [2.24, 2.45) is 0 Å². The fourth-order valence-corrected chi connectivity index (χ4v) is 3.98. The number of carbonyl (C=O) groups is 2. The monoisotopic (exact) mass is 501 g/mol. The zero-order chi connectivity index (χ0) is 26.4. The molecule has 0 saturated carbocycles. The summed E-state index contributed by atoms with van der Waals surface area (Å²) in [6, 6.07) is 14.1. The van der Waals surface area contributed by atoms with Gasteiger partial charge in [0.1, 0.15) is 29.7 Å². The molecule has 35 heavy (non-hydrogen) atoms. The summed E-state index contributed by atoms with van der Waals surface area (Å²) in [7, 11) is -2.15. The van der Waals surface area contributed by atoms with Crippen LogP contribution in [-0.4, -0.2) is 37.1 Å². The van der Waals surface area contributed by atoms with Crippen molar-refractivity contribution in [2.75, 3.05) is 0 Å². The normalized spacial score (nSPS) is 13.0.